The van der Waals surface area contributed by atoms with E-state index in [0.29, 0.717) is 0 Å². The van der Waals surface area contributed by atoms with E-state index in [1.165, 1.54) is 0 Å². The van der Waals surface area contributed by atoms with Crippen LogP contribution in [0.5, 0.6) is 0 Å². The van der Waals surface area contributed by atoms with Crippen molar-refractivity contribution in [2.45, 2.75) is 44.2 Å². The van der Waals surface area contributed by atoms with Crippen molar-refractivity contribution >= 4 is 11.9 Å². The molecule has 1 N–H and O–H groups in total. The van der Waals surface area contributed by atoms with Gasteiger partial charge in [-0.05, 0) is 30.9 Å². The van der Waals surface area contributed by atoms with Crippen molar-refractivity contribution in [2.75, 3.05) is 0 Å². The molecule has 130 valence electrons. The van der Waals surface area contributed by atoms with E-state index >= 15 is 0 Å². The lowest BCUT2D eigenvalue weighted by Crippen LogP contribution is -2.37. The molecule has 0 bridgehead atoms. The maximum absolute atomic E-state index is 12.4. The van der Waals surface area contributed by atoms with Crippen LogP contribution >= 0.6 is 0 Å². The monoisotopic (exact) mass is 337 g/mol. The molecule has 0 aromatic heterocycles. The van der Waals surface area contributed by atoms with Crippen molar-refractivity contribution in [3.8, 4) is 0 Å². The molecule has 1 amide bonds. The van der Waals surface area contributed by atoms with Gasteiger partial charge in [-0.3, -0.25) is 9.59 Å². The van der Waals surface area contributed by atoms with Crippen LogP contribution in [0.4, 0.5) is 0 Å². The molecule has 25 heavy (non-hydrogen) atoms. The van der Waals surface area contributed by atoms with Gasteiger partial charge in [0.2, 0.25) is 0 Å². The average molecular weight is 337 g/mol. The maximum atomic E-state index is 12.4. The highest BCUT2D eigenvalue weighted by atomic mass is 16.5. The lowest BCUT2D eigenvalue weighted by molar-refractivity contribution is -0.155. The predicted molar refractivity (Wildman–Crippen MR) is 96.1 cm³/mol. The fourth-order valence-corrected chi connectivity index (χ4v) is 2.81. The summed E-state index contributed by atoms with van der Waals surface area (Å²) in [5, 5.41) is 2.86. The van der Waals surface area contributed by atoms with E-state index in [4.69, 9.17) is 4.74 Å². The Labute approximate surface area is 148 Å². The van der Waals surface area contributed by atoms with Crippen LogP contribution < -0.4 is 5.32 Å². The minimum Gasteiger partial charge on any atom is -0.453 e. The Morgan fingerprint density at radius 1 is 1.00 bits per heavy atom. The zero-order valence-electron chi connectivity index (χ0n) is 14.4. The molecule has 1 fully saturated rings. The van der Waals surface area contributed by atoms with Gasteiger partial charge in [-0.1, -0.05) is 60.7 Å². The Balaban J connectivity index is 1.67. The third-order valence-corrected chi connectivity index (χ3v) is 4.38. The molecular formula is C21H23NO3. The molecule has 1 aliphatic rings. The van der Waals surface area contributed by atoms with Gasteiger partial charge in [-0.25, -0.2) is 0 Å². The van der Waals surface area contributed by atoms with Crippen LogP contribution in [0.2, 0.25) is 0 Å². The largest absolute Gasteiger partial charge is 0.453 e. The molecule has 1 aliphatic carbocycles. The molecule has 0 heterocycles. The molecule has 1 saturated carbocycles. The van der Waals surface area contributed by atoms with Gasteiger partial charge in [-0.2, -0.15) is 0 Å². The van der Waals surface area contributed by atoms with Crippen LogP contribution in [-0.4, -0.2) is 24.0 Å². The van der Waals surface area contributed by atoms with Gasteiger partial charge in [0.1, 0.15) is 0 Å². The molecular weight excluding hydrogens is 314 g/mol. The number of esters is 1. The van der Waals surface area contributed by atoms with Crippen LogP contribution in [0.3, 0.4) is 0 Å². The van der Waals surface area contributed by atoms with Crippen LogP contribution in [-0.2, 0) is 14.3 Å². The highest BCUT2D eigenvalue weighted by Gasteiger charge is 2.28. The van der Waals surface area contributed by atoms with Crippen molar-refractivity contribution in [3.05, 3.63) is 71.8 Å². The standard InChI is InChI=1S/C21H23NO3/c1-15(21(24)22-18-12-13-18)25-20(23)14-19(16-8-4-2-5-9-16)17-10-6-3-7-11-17/h2-11,15,18-19H,12-14H2,1H3,(H,22,24)/t15-/m1/s1. The van der Waals surface area contributed by atoms with Gasteiger partial charge in [0.15, 0.2) is 6.10 Å². The first-order valence-electron chi connectivity index (χ1n) is 8.73. The summed E-state index contributed by atoms with van der Waals surface area (Å²) < 4.78 is 5.36. The van der Waals surface area contributed by atoms with E-state index in [1.807, 2.05) is 60.7 Å². The summed E-state index contributed by atoms with van der Waals surface area (Å²) in [5.41, 5.74) is 2.11. The van der Waals surface area contributed by atoms with Crippen molar-refractivity contribution in [3.63, 3.8) is 0 Å². The van der Waals surface area contributed by atoms with Gasteiger partial charge >= 0.3 is 5.97 Å². The summed E-state index contributed by atoms with van der Waals surface area (Å²) in [6.07, 6.45) is 1.46. The summed E-state index contributed by atoms with van der Waals surface area (Å²) in [4.78, 5) is 24.4. The van der Waals surface area contributed by atoms with Gasteiger partial charge in [-0.15, -0.1) is 0 Å². The Bertz CT molecular complexity index is 671. The number of nitrogens with one attached hydrogen (secondary N) is 1. The SMILES string of the molecule is C[C@@H](OC(=O)CC(c1ccccc1)c1ccccc1)C(=O)NC1CC1. The first kappa shape index (κ1) is 17.2. The highest BCUT2D eigenvalue weighted by Crippen LogP contribution is 2.28. The second-order valence-corrected chi connectivity index (χ2v) is 6.49. The van der Waals surface area contributed by atoms with Gasteiger partial charge < -0.3 is 10.1 Å². The molecule has 2 aromatic carbocycles. The molecule has 4 nitrogen and oxygen atoms in total. The summed E-state index contributed by atoms with van der Waals surface area (Å²) >= 11 is 0. The topological polar surface area (TPSA) is 55.4 Å². The summed E-state index contributed by atoms with van der Waals surface area (Å²) in [6.45, 7) is 1.62. The van der Waals surface area contributed by atoms with Crippen molar-refractivity contribution in [1.29, 1.82) is 0 Å². The Hall–Kier alpha value is -2.62. The average Bonchev–Trinajstić information content (AvgIpc) is 3.45. The van der Waals surface area contributed by atoms with E-state index < -0.39 is 6.10 Å². The molecule has 0 saturated heterocycles. The number of ether oxygens (including phenoxy) is 1. The fraction of sp³-hybridized carbons (Fsp3) is 0.333. The smallest absolute Gasteiger partial charge is 0.307 e. The van der Waals surface area contributed by atoms with Gasteiger partial charge in [0, 0.05) is 12.0 Å². The lowest BCUT2D eigenvalue weighted by atomic mass is 9.88. The van der Waals surface area contributed by atoms with E-state index in [2.05, 4.69) is 5.32 Å². The predicted octanol–water partition coefficient (Wildman–Crippen LogP) is 3.42. The van der Waals surface area contributed by atoms with Crippen LogP contribution in [0.1, 0.15) is 43.2 Å². The number of carbonyl (C=O) groups is 2. The molecule has 0 aliphatic heterocycles. The van der Waals surface area contributed by atoms with Crippen molar-refractivity contribution < 1.29 is 14.3 Å². The quantitative estimate of drug-likeness (QED) is 0.788. The third kappa shape index (κ3) is 4.92. The lowest BCUT2D eigenvalue weighted by Gasteiger charge is -2.19. The molecule has 2 aromatic rings. The Morgan fingerprint density at radius 2 is 1.52 bits per heavy atom. The first-order chi connectivity index (χ1) is 12.1. The number of carbonyl (C=O) groups excluding carboxylic acids is 2. The first-order valence-corrected chi connectivity index (χ1v) is 8.73. The van der Waals surface area contributed by atoms with Crippen molar-refractivity contribution in [1.82, 2.24) is 5.32 Å². The van der Waals surface area contributed by atoms with E-state index in [0.717, 1.165) is 24.0 Å². The van der Waals surface area contributed by atoms with E-state index in [9.17, 15) is 9.59 Å². The summed E-state index contributed by atoms with van der Waals surface area (Å²) in [7, 11) is 0. The number of hydrogen-bond acceptors (Lipinski definition) is 3. The Kier molecular flexibility index (Phi) is 5.49. The van der Waals surface area contributed by atoms with Crippen LogP contribution in [0.25, 0.3) is 0 Å². The molecule has 0 spiro atoms. The van der Waals surface area contributed by atoms with Crippen LogP contribution in [0, 0.1) is 0 Å². The van der Waals surface area contributed by atoms with Crippen LogP contribution in [0.15, 0.2) is 60.7 Å². The van der Waals surface area contributed by atoms with Gasteiger partial charge in [0.05, 0.1) is 6.42 Å². The molecule has 1 atom stereocenters. The minimum atomic E-state index is -0.764. The highest BCUT2D eigenvalue weighted by molar-refractivity contribution is 5.84. The maximum Gasteiger partial charge on any atom is 0.307 e. The third-order valence-electron chi connectivity index (χ3n) is 4.38. The van der Waals surface area contributed by atoms with E-state index in [1.54, 1.807) is 6.92 Å². The van der Waals surface area contributed by atoms with E-state index in [-0.39, 0.29) is 30.3 Å². The molecule has 3 rings (SSSR count). The molecule has 0 radical (unpaired) electrons. The molecule has 4 heteroatoms. The summed E-state index contributed by atoms with van der Waals surface area (Å²) in [6, 6.07) is 20.0. The minimum absolute atomic E-state index is 0.0893. The second kappa shape index (κ2) is 7.97. The fourth-order valence-electron chi connectivity index (χ4n) is 2.81. The zero-order valence-corrected chi connectivity index (χ0v) is 14.4. The number of hydrogen-bond donors (Lipinski definition) is 1. The second-order valence-electron chi connectivity index (χ2n) is 6.49. The normalized spacial score (nSPS) is 14.8. The van der Waals surface area contributed by atoms with Gasteiger partial charge in [0.25, 0.3) is 5.91 Å². The van der Waals surface area contributed by atoms with Crippen molar-refractivity contribution in [2.24, 2.45) is 0 Å². The molecule has 0 unspecified atom stereocenters. The Morgan fingerprint density at radius 3 is 2.00 bits per heavy atom. The number of benzene rings is 2. The zero-order chi connectivity index (χ0) is 17.6. The summed E-state index contributed by atoms with van der Waals surface area (Å²) in [5.74, 6) is -0.670. The number of rotatable bonds is 7. The number of amides is 1.